The Morgan fingerprint density at radius 3 is 2.78 bits per heavy atom. The maximum Gasteiger partial charge on any atom is 0.387 e. The van der Waals surface area contributed by atoms with Gasteiger partial charge in [0.25, 0.3) is 5.91 Å². The summed E-state index contributed by atoms with van der Waals surface area (Å²) in [5.74, 6) is 0.266. The molecule has 2 aliphatic rings. The predicted octanol–water partition coefficient (Wildman–Crippen LogP) is 4.54. The second-order valence-electron chi connectivity index (χ2n) is 8.37. The van der Waals surface area contributed by atoms with Crippen LogP contribution in [0.5, 0.6) is 5.75 Å². The SMILES string of the molecule is CC(=O)Nc1ccc2c(-c3cc4c(c(OC(F)F)c3)C(=O)N([C@@H](C)C3CC3)C4)c[nH]c2n1. The fourth-order valence-corrected chi connectivity index (χ4v) is 4.44. The molecule has 166 valence electrons. The number of anilines is 1. The minimum Gasteiger partial charge on any atom is -0.434 e. The van der Waals surface area contributed by atoms with Gasteiger partial charge in [-0.05, 0) is 61.1 Å². The maximum absolute atomic E-state index is 13.2. The molecule has 2 N–H and O–H groups in total. The van der Waals surface area contributed by atoms with Crippen LogP contribution in [0.25, 0.3) is 22.2 Å². The molecule has 1 aliphatic carbocycles. The molecule has 1 aromatic carbocycles. The van der Waals surface area contributed by atoms with Gasteiger partial charge >= 0.3 is 6.61 Å². The molecule has 3 aromatic rings. The molecule has 2 amide bonds. The van der Waals surface area contributed by atoms with Crippen molar-refractivity contribution in [3.63, 3.8) is 0 Å². The number of nitrogens with one attached hydrogen (secondary N) is 2. The lowest BCUT2D eigenvalue weighted by atomic mass is 9.99. The van der Waals surface area contributed by atoms with E-state index in [4.69, 9.17) is 4.74 Å². The number of alkyl halides is 2. The largest absolute Gasteiger partial charge is 0.434 e. The van der Waals surface area contributed by atoms with Gasteiger partial charge < -0.3 is 19.9 Å². The van der Waals surface area contributed by atoms with Crippen molar-refractivity contribution in [2.75, 3.05) is 5.32 Å². The molecule has 9 heteroatoms. The molecule has 0 unspecified atom stereocenters. The number of fused-ring (bicyclic) bond motifs is 2. The molecule has 0 spiro atoms. The number of H-pyrrole nitrogens is 1. The Kier molecular flexibility index (Phi) is 4.83. The predicted molar refractivity (Wildman–Crippen MR) is 115 cm³/mol. The molecule has 5 rings (SSSR count). The monoisotopic (exact) mass is 440 g/mol. The molecule has 1 saturated carbocycles. The number of carbonyl (C=O) groups excluding carboxylic acids is 2. The van der Waals surface area contributed by atoms with Crippen molar-refractivity contribution in [3.05, 3.63) is 41.6 Å². The van der Waals surface area contributed by atoms with Crippen molar-refractivity contribution in [2.24, 2.45) is 5.92 Å². The summed E-state index contributed by atoms with van der Waals surface area (Å²) in [6.45, 7) is 0.734. The molecule has 0 bridgehead atoms. The molecule has 7 nitrogen and oxygen atoms in total. The van der Waals surface area contributed by atoms with Crippen molar-refractivity contribution in [3.8, 4) is 16.9 Å². The van der Waals surface area contributed by atoms with Crippen molar-refractivity contribution in [1.29, 1.82) is 0 Å². The first-order chi connectivity index (χ1) is 15.3. The molecular formula is C23H22F2N4O3. The number of aromatic amines is 1. The second kappa shape index (κ2) is 7.58. The van der Waals surface area contributed by atoms with E-state index >= 15 is 0 Å². The summed E-state index contributed by atoms with van der Waals surface area (Å²) in [6.07, 6.45) is 3.88. The van der Waals surface area contributed by atoms with Gasteiger partial charge in [0.2, 0.25) is 5.91 Å². The average Bonchev–Trinajstić information content (AvgIpc) is 3.41. The number of halogens is 2. The standard InChI is InChI=1S/C23H22F2N4O3/c1-11(13-3-4-13)29-10-15-7-14(8-18(32-23(24)25)20(15)22(29)31)17-9-26-21-16(17)5-6-19(28-21)27-12(2)30/h5-9,11,13,23H,3-4,10H2,1-2H3,(H2,26,27,28,30)/t11-/m0/s1. The van der Waals surface area contributed by atoms with Crippen LogP contribution in [-0.2, 0) is 11.3 Å². The van der Waals surface area contributed by atoms with E-state index in [2.05, 4.69) is 15.3 Å². The molecule has 0 saturated heterocycles. The van der Waals surface area contributed by atoms with Gasteiger partial charge in [0.1, 0.15) is 17.2 Å². The average molecular weight is 440 g/mol. The molecule has 32 heavy (non-hydrogen) atoms. The normalized spacial score (nSPS) is 16.5. The van der Waals surface area contributed by atoms with Crippen LogP contribution in [0, 0.1) is 5.92 Å². The lowest BCUT2D eigenvalue weighted by Crippen LogP contribution is -2.34. The van der Waals surface area contributed by atoms with Crippen molar-refractivity contribution < 1.29 is 23.1 Å². The van der Waals surface area contributed by atoms with Crippen LogP contribution in [0.2, 0.25) is 0 Å². The number of carbonyl (C=O) groups is 2. The van der Waals surface area contributed by atoms with Crippen molar-refractivity contribution >= 4 is 28.7 Å². The van der Waals surface area contributed by atoms with Crippen LogP contribution >= 0.6 is 0 Å². The van der Waals surface area contributed by atoms with Crippen LogP contribution in [-0.4, -0.2) is 39.3 Å². The Morgan fingerprint density at radius 1 is 1.31 bits per heavy atom. The van der Waals surface area contributed by atoms with E-state index in [1.807, 2.05) is 13.0 Å². The fraction of sp³-hybridized carbons (Fsp3) is 0.348. The van der Waals surface area contributed by atoms with Crippen LogP contribution < -0.4 is 10.1 Å². The third-order valence-electron chi connectivity index (χ3n) is 6.16. The number of hydrogen-bond donors (Lipinski definition) is 2. The van der Waals surface area contributed by atoms with Crippen LogP contribution in [0.15, 0.2) is 30.5 Å². The molecule has 3 heterocycles. The molecule has 1 atom stereocenters. The number of benzene rings is 1. The smallest absolute Gasteiger partial charge is 0.387 e. The van der Waals surface area contributed by atoms with Crippen molar-refractivity contribution in [2.45, 2.75) is 45.9 Å². The maximum atomic E-state index is 13.2. The third kappa shape index (κ3) is 3.57. The zero-order valence-corrected chi connectivity index (χ0v) is 17.6. The summed E-state index contributed by atoms with van der Waals surface area (Å²) in [4.78, 5) is 33.5. The number of amides is 2. The molecular weight excluding hydrogens is 418 g/mol. The summed E-state index contributed by atoms with van der Waals surface area (Å²) in [5, 5.41) is 3.39. The van der Waals surface area contributed by atoms with E-state index in [1.54, 1.807) is 23.2 Å². The second-order valence-corrected chi connectivity index (χ2v) is 8.37. The summed E-state index contributed by atoms with van der Waals surface area (Å²) in [6, 6.07) is 6.87. The van der Waals surface area contributed by atoms with E-state index in [9.17, 15) is 18.4 Å². The Bertz CT molecular complexity index is 1240. The summed E-state index contributed by atoms with van der Waals surface area (Å²) < 4.78 is 31.2. The van der Waals surface area contributed by atoms with Crippen LogP contribution in [0.1, 0.15) is 42.6 Å². The Labute approximate surface area is 182 Å². The fourth-order valence-electron chi connectivity index (χ4n) is 4.44. The van der Waals surface area contributed by atoms with Gasteiger partial charge in [0.05, 0.1) is 5.56 Å². The van der Waals surface area contributed by atoms with E-state index in [0.717, 1.165) is 23.8 Å². The van der Waals surface area contributed by atoms with Gasteiger partial charge in [-0.25, -0.2) is 4.98 Å². The molecule has 2 aromatic heterocycles. The van der Waals surface area contributed by atoms with Crippen molar-refractivity contribution in [1.82, 2.24) is 14.9 Å². The number of hydrogen-bond acceptors (Lipinski definition) is 4. The summed E-state index contributed by atoms with van der Waals surface area (Å²) in [7, 11) is 0. The Morgan fingerprint density at radius 2 is 2.09 bits per heavy atom. The van der Waals surface area contributed by atoms with Crippen LogP contribution in [0.4, 0.5) is 14.6 Å². The quantitative estimate of drug-likeness (QED) is 0.589. The van der Waals surface area contributed by atoms with E-state index in [0.29, 0.717) is 35.1 Å². The third-order valence-corrected chi connectivity index (χ3v) is 6.16. The first-order valence-corrected chi connectivity index (χ1v) is 10.5. The highest BCUT2D eigenvalue weighted by Crippen LogP contribution is 2.42. The highest BCUT2D eigenvalue weighted by molar-refractivity contribution is 6.03. The van der Waals surface area contributed by atoms with Gasteiger partial charge in [-0.1, -0.05) is 0 Å². The number of nitrogens with zero attached hydrogens (tertiary/aromatic N) is 2. The highest BCUT2D eigenvalue weighted by atomic mass is 19.3. The first kappa shape index (κ1) is 20.4. The molecule has 0 radical (unpaired) electrons. The van der Waals surface area contributed by atoms with Gasteiger partial charge in [0, 0.05) is 36.7 Å². The highest BCUT2D eigenvalue weighted by Gasteiger charge is 2.40. The topological polar surface area (TPSA) is 87.3 Å². The van der Waals surface area contributed by atoms with E-state index < -0.39 is 6.61 Å². The minimum atomic E-state index is -3.04. The Balaban J connectivity index is 1.57. The van der Waals surface area contributed by atoms with E-state index in [1.165, 1.54) is 13.0 Å². The number of aromatic nitrogens is 2. The Hall–Kier alpha value is -3.49. The minimum absolute atomic E-state index is 0.0576. The van der Waals surface area contributed by atoms with Gasteiger partial charge in [-0.3, -0.25) is 9.59 Å². The summed E-state index contributed by atoms with van der Waals surface area (Å²) >= 11 is 0. The summed E-state index contributed by atoms with van der Waals surface area (Å²) in [5.41, 5.74) is 2.82. The molecule has 1 aliphatic heterocycles. The first-order valence-electron chi connectivity index (χ1n) is 10.5. The van der Waals surface area contributed by atoms with E-state index in [-0.39, 0.29) is 29.2 Å². The lowest BCUT2D eigenvalue weighted by Gasteiger charge is -2.24. The van der Waals surface area contributed by atoms with Gasteiger partial charge in [-0.15, -0.1) is 0 Å². The van der Waals surface area contributed by atoms with Gasteiger partial charge in [0.15, 0.2) is 0 Å². The van der Waals surface area contributed by atoms with Crippen LogP contribution in [0.3, 0.4) is 0 Å². The molecule has 1 fully saturated rings. The van der Waals surface area contributed by atoms with Gasteiger partial charge in [-0.2, -0.15) is 8.78 Å². The number of rotatable bonds is 6. The lowest BCUT2D eigenvalue weighted by molar-refractivity contribution is -0.114. The number of ether oxygens (including phenoxy) is 1. The zero-order valence-electron chi connectivity index (χ0n) is 17.6. The zero-order chi connectivity index (χ0) is 22.6. The number of pyridine rings is 1.